The topological polar surface area (TPSA) is 106 Å². The summed E-state index contributed by atoms with van der Waals surface area (Å²) in [6.07, 6.45) is 7.87. The number of aromatic nitrogens is 6. The van der Waals surface area contributed by atoms with Gasteiger partial charge in [-0.05, 0) is 65.1 Å². The average Bonchev–Trinajstić information content (AvgIpc) is 3.01. The number of aliphatic hydroxyl groups is 1. The number of aromatic amines is 1. The first-order valence-electron chi connectivity index (χ1n) is 12.2. The number of piperidine rings is 1. The summed E-state index contributed by atoms with van der Waals surface area (Å²) in [4.78, 5) is 21.6. The van der Waals surface area contributed by atoms with E-state index in [0.717, 1.165) is 59.3 Å². The standard InChI is InChI=1S/C25H33N7O2/c1-14(2)32-21-17(30(5)23(32)33)11-27-22-18(21)19(25-6-7-26-10-16(25)8-25)20(29-22)15-9-28-31(12-15)13-24(3,4)34/h9,11-12,14,16,26,34H,6-8,10,13H2,1-5H3,(H,27,29). The molecule has 4 aromatic heterocycles. The van der Waals surface area contributed by atoms with Crippen molar-refractivity contribution in [3.8, 4) is 11.3 Å². The molecular weight excluding hydrogens is 430 g/mol. The summed E-state index contributed by atoms with van der Waals surface area (Å²) >= 11 is 0. The van der Waals surface area contributed by atoms with Crippen molar-refractivity contribution in [2.45, 2.75) is 64.1 Å². The summed E-state index contributed by atoms with van der Waals surface area (Å²) in [5.74, 6) is 0.573. The van der Waals surface area contributed by atoms with Gasteiger partial charge in [-0.1, -0.05) is 0 Å². The molecule has 6 rings (SSSR count). The van der Waals surface area contributed by atoms with Gasteiger partial charge in [0.15, 0.2) is 0 Å². The Morgan fingerprint density at radius 2 is 2.12 bits per heavy atom. The molecule has 5 heterocycles. The van der Waals surface area contributed by atoms with E-state index in [2.05, 4.69) is 29.2 Å². The van der Waals surface area contributed by atoms with Crippen LogP contribution in [0.3, 0.4) is 0 Å². The van der Waals surface area contributed by atoms with Gasteiger partial charge in [-0.25, -0.2) is 9.78 Å². The lowest BCUT2D eigenvalue weighted by molar-refractivity contribution is 0.0577. The maximum Gasteiger partial charge on any atom is 0.329 e. The van der Waals surface area contributed by atoms with Gasteiger partial charge in [-0.15, -0.1) is 0 Å². The molecule has 2 fully saturated rings. The van der Waals surface area contributed by atoms with Crippen molar-refractivity contribution in [2.75, 3.05) is 13.1 Å². The number of rotatable bonds is 5. The van der Waals surface area contributed by atoms with E-state index in [0.29, 0.717) is 12.5 Å². The molecule has 1 aliphatic carbocycles. The van der Waals surface area contributed by atoms with Crippen molar-refractivity contribution < 1.29 is 5.11 Å². The van der Waals surface area contributed by atoms with Crippen LogP contribution in [0.15, 0.2) is 23.4 Å². The minimum Gasteiger partial charge on any atom is -0.389 e. The van der Waals surface area contributed by atoms with Crippen LogP contribution in [0, 0.1) is 5.92 Å². The Balaban J connectivity index is 1.67. The van der Waals surface area contributed by atoms with Crippen LogP contribution in [0.25, 0.3) is 33.3 Å². The Morgan fingerprint density at radius 3 is 2.82 bits per heavy atom. The van der Waals surface area contributed by atoms with Gasteiger partial charge in [-0.3, -0.25) is 13.8 Å². The third kappa shape index (κ3) is 3.03. The summed E-state index contributed by atoms with van der Waals surface area (Å²) < 4.78 is 5.42. The third-order valence-corrected chi connectivity index (χ3v) is 7.73. The number of pyridine rings is 1. The second-order valence-electron chi connectivity index (χ2n) is 11.1. The molecule has 0 amide bonds. The van der Waals surface area contributed by atoms with Crippen LogP contribution < -0.4 is 11.0 Å². The maximum atomic E-state index is 13.2. The van der Waals surface area contributed by atoms with Crippen molar-refractivity contribution in [1.29, 1.82) is 0 Å². The molecule has 2 unspecified atom stereocenters. The van der Waals surface area contributed by atoms with E-state index in [1.54, 1.807) is 23.1 Å². The van der Waals surface area contributed by atoms with Gasteiger partial charge in [0, 0.05) is 35.7 Å². The van der Waals surface area contributed by atoms with Gasteiger partial charge < -0.3 is 15.4 Å². The van der Waals surface area contributed by atoms with E-state index in [1.165, 1.54) is 5.56 Å². The van der Waals surface area contributed by atoms with Crippen molar-refractivity contribution in [3.05, 3.63) is 34.6 Å². The minimum absolute atomic E-state index is 0.0128. The molecule has 9 heteroatoms. The molecule has 1 aliphatic heterocycles. The Morgan fingerprint density at radius 1 is 1.32 bits per heavy atom. The number of nitrogens with one attached hydrogen (secondary N) is 2. The number of nitrogens with zero attached hydrogens (tertiary/aromatic N) is 5. The van der Waals surface area contributed by atoms with Crippen molar-refractivity contribution in [1.82, 2.24) is 34.2 Å². The van der Waals surface area contributed by atoms with Crippen LogP contribution in [0.1, 0.15) is 52.1 Å². The highest BCUT2D eigenvalue weighted by Gasteiger charge is 2.58. The summed E-state index contributed by atoms with van der Waals surface area (Å²) in [6.45, 7) is 10.1. The van der Waals surface area contributed by atoms with Crippen molar-refractivity contribution in [3.63, 3.8) is 0 Å². The fourth-order valence-corrected chi connectivity index (χ4v) is 6.12. The van der Waals surface area contributed by atoms with E-state index < -0.39 is 5.60 Å². The van der Waals surface area contributed by atoms with Crippen molar-refractivity contribution in [2.24, 2.45) is 13.0 Å². The van der Waals surface area contributed by atoms with Gasteiger partial charge in [0.25, 0.3) is 0 Å². The van der Waals surface area contributed by atoms with Gasteiger partial charge in [-0.2, -0.15) is 5.10 Å². The first kappa shape index (κ1) is 21.6. The normalized spacial score (nSPS) is 22.7. The fourth-order valence-electron chi connectivity index (χ4n) is 6.12. The van der Waals surface area contributed by atoms with E-state index in [-0.39, 0.29) is 17.1 Å². The lowest BCUT2D eigenvalue weighted by Gasteiger charge is -2.24. The quantitative estimate of drug-likeness (QED) is 0.422. The summed E-state index contributed by atoms with van der Waals surface area (Å²) in [7, 11) is 1.83. The molecule has 1 saturated carbocycles. The molecular formula is C25H33N7O2. The first-order chi connectivity index (χ1) is 16.1. The summed E-state index contributed by atoms with van der Waals surface area (Å²) in [5, 5.41) is 19.4. The zero-order valence-electron chi connectivity index (χ0n) is 20.5. The van der Waals surface area contributed by atoms with Gasteiger partial charge in [0.1, 0.15) is 5.65 Å². The van der Waals surface area contributed by atoms with Crippen LogP contribution in [-0.4, -0.2) is 52.7 Å². The lowest BCUT2D eigenvalue weighted by Crippen LogP contribution is -2.31. The summed E-state index contributed by atoms with van der Waals surface area (Å²) in [6, 6.07) is 0.0306. The monoisotopic (exact) mass is 463 g/mol. The SMILES string of the molecule is CC(C)n1c(=O)n(C)c2cnc3[nH]c(-c4cnn(CC(C)(C)O)c4)c(C45CCNCC4C5)c3c21. The largest absolute Gasteiger partial charge is 0.389 e. The molecule has 3 N–H and O–H groups in total. The van der Waals surface area contributed by atoms with Crippen LogP contribution >= 0.6 is 0 Å². The second kappa shape index (κ2) is 7.05. The number of aryl methyl sites for hydroxylation is 1. The number of hydrogen-bond acceptors (Lipinski definition) is 5. The fraction of sp³-hybridized carbons (Fsp3) is 0.560. The Kier molecular flexibility index (Phi) is 4.48. The molecule has 9 nitrogen and oxygen atoms in total. The molecule has 0 spiro atoms. The Labute approximate surface area is 197 Å². The molecule has 180 valence electrons. The predicted octanol–water partition coefficient (Wildman–Crippen LogP) is 2.68. The van der Waals surface area contributed by atoms with E-state index in [1.807, 2.05) is 30.2 Å². The number of fused-ring (bicyclic) bond motifs is 4. The van der Waals surface area contributed by atoms with Gasteiger partial charge in [0.05, 0.1) is 41.3 Å². The number of hydrogen-bond donors (Lipinski definition) is 3. The second-order valence-corrected chi connectivity index (χ2v) is 11.1. The molecule has 0 radical (unpaired) electrons. The van der Waals surface area contributed by atoms with Crippen molar-refractivity contribution >= 4 is 22.1 Å². The summed E-state index contributed by atoms with van der Waals surface area (Å²) in [5.41, 5.74) is 5.13. The van der Waals surface area contributed by atoms with Crippen LogP contribution in [0.5, 0.6) is 0 Å². The Bertz CT molecular complexity index is 1480. The average molecular weight is 464 g/mol. The predicted molar refractivity (Wildman–Crippen MR) is 132 cm³/mol. The molecule has 4 aromatic rings. The number of imidazole rings is 1. The first-order valence-corrected chi connectivity index (χ1v) is 12.2. The molecule has 0 aromatic carbocycles. The molecule has 1 saturated heterocycles. The number of H-pyrrole nitrogens is 1. The highest BCUT2D eigenvalue weighted by atomic mass is 16.3. The van der Waals surface area contributed by atoms with Gasteiger partial charge >= 0.3 is 5.69 Å². The zero-order chi connectivity index (χ0) is 24.0. The molecule has 34 heavy (non-hydrogen) atoms. The van der Waals surface area contributed by atoms with E-state index in [9.17, 15) is 9.90 Å². The minimum atomic E-state index is -0.854. The third-order valence-electron chi connectivity index (χ3n) is 7.73. The highest BCUT2D eigenvalue weighted by Crippen LogP contribution is 2.61. The molecule has 0 bridgehead atoms. The van der Waals surface area contributed by atoms with E-state index >= 15 is 0 Å². The lowest BCUT2D eigenvalue weighted by atomic mass is 9.84. The maximum absolute atomic E-state index is 13.2. The smallest absolute Gasteiger partial charge is 0.329 e. The van der Waals surface area contributed by atoms with E-state index in [4.69, 9.17) is 4.98 Å². The van der Waals surface area contributed by atoms with Gasteiger partial charge in [0.2, 0.25) is 0 Å². The Hall–Kier alpha value is -2.91. The zero-order valence-corrected chi connectivity index (χ0v) is 20.5. The van der Waals surface area contributed by atoms with Crippen LogP contribution in [0.2, 0.25) is 0 Å². The van der Waals surface area contributed by atoms with Crippen LogP contribution in [-0.2, 0) is 19.0 Å². The molecule has 2 aliphatic rings. The van der Waals surface area contributed by atoms with Crippen LogP contribution in [0.4, 0.5) is 0 Å². The highest BCUT2D eigenvalue weighted by molar-refractivity contribution is 6.07. The molecule has 2 atom stereocenters.